The van der Waals surface area contributed by atoms with Gasteiger partial charge in [0.2, 0.25) is 0 Å². The highest BCUT2D eigenvalue weighted by atomic mass is 32.1. The van der Waals surface area contributed by atoms with E-state index in [1.54, 1.807) is 11.3 Å². The molecule has 7 aromatic carbocycles. The van der Waals surface area contributed by atoms with Crippen LogP contribution in [0.4, 0.5) is 0 Å². The smallest absolute Gasteiger partial charge is 0.143 e. The maximum absolute atomic E-state index is 5.23. The van der Waals surface area contributed by atoms with Crippen molar-refractivity contribution in [2.75, 3.05) is 0 Å². The first-order valence-corrected chi connectivity index (χ1v) is 19.4. The van der Waals surface area contributed by atoms with E-state index in [1.165, 1.54) is 78.4 Å². The second-order valence-electron chi connectivity index (χ2n) is 12.9. The predicted octanol–water partition coefficient (Wildman–Crippen LogP) is 14.2. The third-order valence-electron chi connectivity index (χ3n) is 9.97. The molecule has 0 aliphatic heterocycles. The quantitative estimate of drug-likeness (QED) is 0.182. The first-order chi connectivity index (χ1) is 25.3. The van der Waals surface area contributed by atoms with Crippen LogP contribution in [0.2, 0.25) is 0 Å². The van der Waals surface area contributed by atoms with Crippen LogP contribution in [-0.4, -0.2) is 9.97 Å². The summed E-state index contributed by atoms with van der Waals surface area (Å²) in [5, 5.41) is 6.42. The zero-order valence-electron chi connectivity index (χ0n) is 27.1. The van der Waals surface area contributed by atoms with Crippen LogP contribution in [0.1, 0.15) is 0 Å². The minimum atomic E-state index is 0.888. The van der Waals surface area contributed by atoms with Gasteiger partial charge in [0.25, 0.3) is 0 Å². The molecule has 0 spiro atoms. The van der Waals surface area contributed by atoms with Gasteiger partial charge in [0.05, 0.1) is 11.9 Å². The van der Waals surface area contributed by atoms with Crippen LogP contribution in [0, 0.1) is 0 Å². The Morgan fingerprint density at radius 1 is 0.373 bits per heavy atom. The molecule has 0 N–H and O–H groups in total. The number of hydrogen-bond donors (Lipinski definition) is 0. The van der Waals surface area contributed by atoms with Crippen molar-refractivity contribution in [2.45, 2.75) is 0 Å². The summed E-state index contributed by atoms with van der Waals surface area (Å²) in [6.45, 7) is 0. The van der Waals surface area contributed by atoms with E-state index in [2.05, 4.69) is 152 Å². The first kappa shape index (κ1) is 29.1. The Morgan fingerprint density at radius 2 is 0.824 bits per heavy atom. The van der Waals surface area contributed by atoms with Gasteiger partial charge in [-0.25, -0.2) is 4.98 Å². The standard InChI is InChI=1S/C46H26N2S3/c1-3-22-40-34(14-1)36-19-7-16-31(43(36)49-40)27-10-5-11-28(24-27)33-18-9-21-38-42-46(51-45(33)38)48-39(26-47-42)30-13-6-12-29(25-30)32-17-8-20-37-35-15-2-4-23-41(35)50-44(32)37/h1-26H. The summed E-state index contributed by atoms with van der Waals surface area (Å²) < 4.78 is 6.51. The molecular formula is C46H26N2S3. The van der Waals surface area contributed by atoms with E-state index >= 15 is 0 Å². The van der Waals surface area contributed by atoms with Gasteiger partial charge in [-0.1, -0.05) is 127 Å². The number of aromatic nitrogens is 2. The fraction of sp³-hybridized carbons (Fsp3) is 0. The SMILES string of the molecule is c1cc(-c2cnc3c(n2)sc2c(-c4cccc(-c5cccc6c5sc5ccccc56)c4)cccc23)cc(-c2cccc3c2sc2ccccc23)c1. The Hall–Kier alpha value is -5.72. The lowest BCUT2D eigenvalue weighted by Gasteiger charge is -2.08. The highest BCUT2D eigenvalue weighted by Gasteiger charge is 2.16. The third kappa shape index (κ3) is 4.59. The van der Waals surface area contributed by atoms with Crippen molar-refractivity contribution in [3.05, 3.63) is 158 Å². The second-order valence-corrected chi connectivity index (χ2v) is 16.0. The Balaban J connectivity index is 1.000. The fourth-order valence-corrected chi connectivity index (χ4v) is 11.2. The van der Waals surface area contributed by atoms with Crippen LogP contribution in [0.3, 0.4) is 0 Å². The van der Waals surface area contributed by atoms with E-state index in [0.29, 0.717) is 0 Å². The Bertz CT molecular complexity index is 3160. The molecule has 0 bridgehead atoms. The van der Waals surface area contributed by atoms with Crippen molar-refractivity contribution in [2.24, 2.45) is 0 Å². The normalized spacial score (nSPS) is 11.9. The molecule has 238 valence electrons. The highest BCUT2D eigenvalue weighted by molar-refractivity contribution is 7.27. The molecule has 4 aromatic heterocycles. The van der Waals surface area contributed by atoms with Crippen LogP contribution in [-0.2, 0) is 0 Å². The number of fused-ring (bicyclic) bond motifs is 9. The minimum absolute atomic E-state index is 0.888. The number of benzene rings is 7. The van der Waals surface area contributed by atoms with Crippen LogP contribution < -0.4 is 0 Å². The summed E-state index contributed by atoms with van der Waals surface area (Å²) in [5.41, 5.74) is 10.3. The molecule has 0 aliphatic carbocycles. The van der Waals surface area contributed by atoms with E-state index in [1.807, 2.05) is 28.9 Å². The van der Waals surface area contributed by atoms with Crippen molar-refractivity contribution >= 4 is 94.8 Å². The summed E-state index contributed by atoms with van der Waals surface area (Å²) >= 11 is 5.47. The Kier molecular flexibility index (Phi) is 6.50. The topological polar surface area (TPSA) is 25.8 Å². The summed E-state index contributed by atoms with van der Waals surface area (Å²) in [5.74, 6) is 0. The summed E-state index contributed by atoms with van der Waals surface area (Å²) in [6, 6.07) is 55.0. The molecular weight excluding hydrogens is 677 g/mol. The van der Waals surface area contributed by atoms with E-state index in [4.69, 9.17) is 9.97 Å². The van der Waals surface area contributed by atoms with E-state index in [0.717, 1.165) is 27.0 Å². The molecule has 11 rings (SSSR count). The van der Waals surface area contributed by atoms with Crippen molar-refractivity contribution in [3.63, 3.8) is 0 Å². The van der Waals surface area contributed by atoms with Gasteiger partial charge >= 0.3 is 0 Å². The summed E-state index contributed by atoms with van der Waals surface area (Å²) in [4.78, 5) is 11.2. The van der Waals surface area contributed by atoms with Gasteiger partial charge in [0.15, 0.2) is 0 Å². The van der Waals surface area contributed by atoms with Crippen molar-refractivity contribution in [3.8, 4) is 44.6 Å². The van der Waals surface area contributed by atoms with Crippen LogP contribution in [0.15, 0.2) is 158 Å². The molecule has 0 atom stereocenters. The molecule has 0 saturated carbocycles. The van der Waals surface area contributed by atoms with Gasteiger partial charge in [-0.15, -0.1) is 34.0 Å². The zero-order valence-corrected chi connectivity index (χ0v) is 29.6. The van der Waals surface area contributed by atoms with Gasteiger partial charge in [-0.2, -0.15) is 0 Å². The molecule has 11 aromatic rings. The molecule has 0 saturated heterocycles. The first-order valence-electron chi connectivity index (χ1n) is 17.0. The molecule has 51 heavy (non-hydrogen) atoms. The fourth-order valence-electron chi connectivity index (χ4n) is 7.57. The van der Waals surface area contributed by atoms with Gasteiger partial charge in [-0.3, -0.25) is 4.98 Å². The Morgan fingerprint density at radius 3 is 1.41 bits per heavy atom. The van der Waals surface area contributed by atoms with Crippen molar-refractivity contribution in [1.29, 1.82) is 0 Å². The van der Waals surface area contributed by atoms with Gasteiger partial charge < -0.3 is 0 Å². The Labute approximate surface area is 305 Å². The number of rotatable bonds is 4. The molecule has 4 heterocycles. The molecule has 0 aliphatic rings. The maximum Gasteiger partial charge on any atom is 0.143 e. The zero-order chi connectivity index (χ0) is 33.5. The lowest BCUT2D eigenvalue weighted by atomic mass is 9.97. The summed E-state index contributed by atoms with van der Waals surface area (Å²) in [6.07, 6.45) is 1.94. The molecule has 0 fully saturated rings. The number of nitrogens with zero attached hydrogens (tertiary/aromatic N) is 2. The van der Waals surface area contributed by atoms with Crippen LogP contribution in [0.25, 0.3) is 105 Å². The van der Waals surface area contributed by atoms with E-state index in [-0.39, 0.29) is 0 Å². The van der Waals surface area contributed by atoms with Crippen LogP contribution in [0.5, 0.6) is 0 Å². The molecule has 0 unspecified atom stereocenters. The second kappa shape index (κ2) is 11.4. The monoisotopic (exact) mass is 702 g/mol. The summed E-state index contributed by atoms with van der Waals surface area (Å²) in [7, 11) is 0. The average molecular weight is 703 g/mol. The minimum Gasteiger partial charge on any atom is -0.251 e. The average Bonchev–Trinajstić information content (AvgIpc) is 3.89. The molecule has 2 nitrogen and oxygen atoms in total. The largest absolute Gasteiger partial charge is 0.251 e. The third-order valence-corrected chi connectivity index (χ3v) is 13.5. The lowest BCUT2D eigenvalue weighted by Crippen LogP contribution is -1.87. The van der Waals surface area contributed by atoms with Crippen LogP contribution >= 0.6 is 34.0 Å². The number of hydrogen-bond acceptors (Lipinski definition) is 5. The van der Waals surface area contributed by atoms with Gasteiger partial charge in [-0.05, 0) is 57.6 Å². The highest BCUT2D eigenvalue weighted by Crippen LogP contribution is 2.44. The van der Waals surface area contributed by atoms with Gasteiger partial charge in [0, 0.05) is 56.0 Å². The molecule has 0 radical (unpaired) electrons. The lowest BCUT2D eigenvalue weighted by molar-refractivity contribution is 1.32. The van der Waals surface area contributed by atoms with Crippen molar-refractivity contribution in [1.82, 2.24) is 9.97 Å². The molecule has 5 heteroatoms. The molecule has 0 amide bonds. The maximum atomic E-state index is 5.23. The number of thiophene rings is 3. The van der Waals surface area contributed by atoms with Gasteiger partial charge in [0.1, 0.15) is 10.3 Å². The van der Waals surface area contributed by atoms with E-state index < -0.39 is 0 Å². The van der Waals surface area contributed by atoms with E-state index in [9.17, 15) is 0 Å². The van der Waals surface area contributed by atoms with Crippen molar-refractivity contribution < 1.29 is 0 Å². The predicted molar refractivity (Wildman–Crippen MR) is 222 cm³/mol.